The number of hydrogen-bond acceptors (Lipinski definition) is 7. The molecule has 3 heterocycles. The molecule has 0 aromatic carbocycles. The smallest absolute Gasteiger partial charge is 0.408 e. The van der Waals surface area contributed by atoms with Gasteiger partial charge in [0.2, 0.25) is 0 Å². The maximum absolute atomic E-state index is 12.9. The standard InChI is InChI=1S/C19H23N5O4/c1-4-12-10-24(14(9-21-12)11-27-3)19(26)28-16-7-17(25)23(2)15-6-5-13(8-20)22-18(15)16/h5-7,12,14,21H,4,9-11H2,1-3H3. The second-order valence-corrected chi connectivity index (χ2v) is 6.72. The van der Waals surface area contributed by atoms with E-state index in [0.29, 0.717) is 30.7 Å². The number of hydrogen-bond donors (Lipinski definition) is 1. The number of nitrogens with one attached hydrogen (secondary N) is 1. The first kappa shape index (κ1) is 19.8. The highest BCUT2D eigenvalue weighted by atomic mass is 16.6. The predicted molar refractivity (Wildman–Crippen MR) is 102 cm³/mol. The second-order valence-electron chi connectivity index (χ2n) is 6.72. The molecule has 2 aromatic heterocycles. The average Bonchev–Trinajstić information content (AvgIpc) is 2.71. The molecule has 0 spiro atoms. The maximum atomic E-state index is 12.9. The number of aryl methyl sites for hydroxylation is 1. The molecule has 148 valence electrons. The number of methoxy groups -OCH3 is 1. The Morgan fingerprint density at radius 2 is 2.25 bits per heavy atom. The van der Waals surface area contributed by atoms with Gasteiger partial charge in [0, 0.05) is 39.4 Å². The zero-order chi connectivity index (χ0) is 20.3. The lowest BCUT2D eigenvalue weighted by Gasteiger charge is -2.39. The molecule has 0 saturated carbocycles. The van der Waals surface area contributed by atoms with Crippen LogP contribution in [0.25, 0.3) is 11.0 Å². The number of rotatable bonds is 4. The number of amides is 1. The quantitative estimate of drug-likeness (QED) is 0.836. The molecular formula is C19H23N5O4. The van der Waals surface area contributed by atoms with Crippen LogP contribution in [-0.4, -0.2) is 59.4 Å². The maximum Gasteiger partial charge on any atom is 0.415 e. The summed E-state index contributed by atoms with van der Waals surface area (Å²) in [4.78, 5) is 31.0. The number of carbonyl (C=O) groups excluding carboxylic acids is 1. The van der Waals surface area contributed by atoms with Crippen LogP contribution in [0.5, 0.6) is 5.75 Å². The predicted octanol–water partition coefficient (Wildman–Crippen LogP) is 1.00. The fourth-order valence-corrected chi connectivity index (χ4v) is 3.29. The van der Waals surface area contributed by atoms with Gasteiger partial charge in [-0.05, 0) is 18.6 Å². The number of nitriles is 1. The van der Waals surface area contributed by atoms with E-state index in [1.807, 2.05) is 13.0 Å². The lowest BCUT2D eigenvalue weighted by molar-refractivity contribution is 0.0592. The molecule has 2 unspecified atom stereocenters. The number of piperazine rings is 1. The van der Waals surface area contributed by atoms with E-state index in [-0.39, 0.29) is 29.1 Å². The molecule has 9 nitrogen and oxygen atoms in total. The number of ether oxygens (including phenoxy) is 2. The van der Waals surface area contributed by atoms with Crippen LogP contribution in [-0.2, 0) is 11.8 Å². The van der Waals surface area contributed by atoms with Gasteiger partial charge in [-0.1, -0.05) is 6.92 Å². The van der Waals surface area contributed by atoms with Crippen LogP contribution < -0.4 is 15.6 Å². The summed E-state index contributed by atoms with van der Waals surface area (Å²) in [6.07, 6.45) is 0.298. The fraction of sp³-hybridized carbons (Fsp3) is 0.474. The Kier molecular flexibility index (Phi) is 5.92. The Bertz CT molecular complexity index is 981. The summed E-state index contributed by atoms with van der Waals surface area (Å²) in [7, 11) is 3.18. The Hall–Kier alpha value is -2.96. The Morgan fingerprint density at radius 1 is 1.46 bits per heavy atom. The van der Waals surface area contributed by atoms with E-state index in [0.717, 1.165) is 6.42 Å². The van der Waals surface area contributed by atoms with Gasteiger partial charge in [0.25, 0.3) is 5.56 Å². The number of aromatic nitrogens is 2. The normalized spacial score (nSPS) is 19.4. The molecule has 3 rings (SSSR count). The van der Waals surface area contributed by atoms with Gasteiger partial charge in [-0.2, -0.15) is 5.26 Å². The summed E-state index contributed by atoms with van der Waals surface area (Å²) < 4.78 is 12.2. The van der Waals surface area contributed by atoms with Gasteiger partial charge in [0.05, 0.1) is 18.2 Å². The molecule has 0 radical (unpaired) electrons. The third-order valence-corrected chi connectivity index (χ3v) is 4.95. The van der Waals surface area contributed by atoms with Crippen LogP contribution in [0.2, 0.25) is 0 Å². The average molecular weight is 385 g/mol. The van der Waals surface area contributed by atoms with Crippen molar-refractivity contribution >= 4 is 17.1 Å². The first-order chi connectivity index (χ1) is 13.5. The van der Waals surface area contributed by atoms with Crippen LogP contribution in [0.1, 0.15) is 19.0 Å². The molecule has 0 bridgehead atoms. The topological polar surface area (TPSA) is 109 Å². The van der Waals surface area contributed by atoms with E-state index < -0.39 is 6.09 Å². The van der Waals surface area contributed by atoms with Crippen LogP contribution in [0.15, 0.2) is 23.0 Å². The zero-order valence-corrected chi connectivity index (χ0v) is 16.1. The fourth-order valence-electron chi connectivity index (χ4n) is 3.29. The summed E-state index contributed by atoms with van der Waals surface area (Å²) in [5.41, 5.74) is 0.616. The molecule has 1 saturated heterocycles. The molecule has 0 aliphatic carbocycles. The number of carbonyl (C=O) groups is 1. The largest absolute Gasteiger partial charge is 0.415 e. The lowest BCUT2D eigenvalue weighted by atomic mass is 10.1. The zero-order valence-electron chi connectivity index (χ0n) is 16.1. The summed E-state index contributed by atoms with van der Waals surface area (Å²) in [5.74, 6) is 0.0444. The van der Waals surface area contributed by atoms with Gasteiger partial charge >= 0.3 is 6.09 Å². The van der Waals surface area contributed by atoms with Crippen LogP contribution in [0.4, 0.5) is 4.79 Å². The van der Waals surface area contributed by atoms with Gasteiger partial charge in [-0.25, -0.2) is 9.78 Å². The first-order valence-corrected chi connectivity index (χ1v) is 9.10. The van der Waals surface area contributed by atoms with Gasteiger partial charge in [-0.3, -0.25) is 9.69 Å². The van der Waals surface area contributed by atoms with E-state index in [4.69, 9.17) is 14.7 Å². The SMILES string of the molecule is CCC1CN(C(=O)Oc2cc(=O)n(C)c3ccc(C#N)nc23)C(COC)CN1. The number of nitrogens with zero attached hydrogens (tertiary/aromatic N) is 4. The van der Waals surface area contributed by atoms with Crippen molar-refractivity contribution in [1.82, 2.24) is 19.8 Å². The molecule has 1 aliphatic heterocycles. The van der Waals surface area contributed by atoms with Crippen molar-refractivity contribution in [1.29, 1.82) is 5.26 Å². The van der Waals surface area contributed by atoms with Gasteiger partial charge in [0.1, 0.15) is 17.3 Å². The van der Waals surface area contributed by atoms with Crippen molar-refractivity contribution in [3.63, 3.8) is 0 Å². The van der Waals surface area contributed by atoms with E-state index in [1.54, 1.807) is 25.1 Å². The van der Waals surface area contributed by atoms with Crippen LogP contribution in [0, 0.1) is 11.3 Å². The van der Waals surface area contributed by atoms with Crippen LogP contribution >= 0.6 is 0 Å². The van der Waals surface area contributed by atoms with Gasteiger partial charge in [0.15, 0.2) is 5.75 Å². The van der Waals surface area contributed by atoms with E-state index in [2.05, 4.69) is 10.3 Å². The summed E-state index contributed by atoms with van der Waals surface area (Å²) in [6, 6.07) is 6.29. The Morgan fingerprint density at radius 3 is 2.93 bits per heavy atom. The van der Waals surface area contributed by atoms with Crippen molar-refractivity contribution < 1.29 is 14.3 Å². The molecule has 1 N–H and O–H groups in total. The number of pyridine rings is 2. The minimum absolute atomic E-state index is 0.0444. The third-order valence-electron chi connectivity index (χ3n) is 4.95. The lowest BCUT2D eigenvalue weighted by Crippen LogP contribution is -2.60. The van der Waals surface area contributed by atoms with Gasteiger partial charge < -0.3 is 19.4 Å². The van der Waals surface area contributed by atoms with E-state index in [9.17, 15) is 9.59 Å². The van der Waals surface area contributed by atoms with E-state index >= 15 is 0 Å². The summed E-state index contributed by atoms with van der Waals surface area (Å²) in [6.45, 7) is 3.48. The molecule has 1 aliphatic rings. The highest BCUT2D eigenvalue weighted by molar-refractivity contribution is 5.84. The van der Waals surface area contributed by atoms with Crippen molar-refractivity contribution in [2.24, 2.45) is 7.05 Å². The molecule has 2 atom stereocenters. The highest BCUT2D eigenvalue weighted by Crippen LogP contribution is 2.23. The molecular weight excluding hydrogens is 362 g/mol. The van der Waals surface area contributed by atoms with E-state index in [1.165, 1.54) is 16.7 Å². The minimum Gasteiger partial charge on any atom is -0.408 e. The summed E-state index contributed by atoms with van der Waals surface area (Å²) in [5, 5.41) is 12.5. The Balaban J connectivity index is 1.96. The van der Waals surface area contributed by atoms with Crippen LogP contribution in [0.3, 0.4) is 0 Å². The monoisotopic (exact) mass is 385 g/mol. The first-order valence-electron chi connectivity index (χ1n) is 9.10. The second kappa shape index (κ2) is 8.37. The van der Waals surface area contributed by atoms with Crippen molar-refractivity contribution in [3.8, 4) is 11.8 Å². The third kappa shape index (κ3) is 3.83. The minimum atomic E-state index is -0.569. The summed E-state index contributed by atoms with van der Waals surface area (Å²) >= 11 is 0. The number of fused-ring (bicyclic) bond motifs is 1. The molecule has 28 heavy (non-hydrogen) atoms. The molecule has 1 fully saturated rings. The molecule has 1 amide bonds. The van der Waals surface area contributed by atoms with Gasteiger partial charge in [-0.15, -0.1) is 0 Å². The van der Waals surface area contributed by atoms with Crippen molar-refractivity contribution in [3.05, 3.63) is 34.2 Å². The molecule has 9 heteroatoms. The van der Waals surface area contributed by atoms with Crippen molar-refractivity contribution in [2.75, 3.05) is 26.8 Å². The molecule has 2 aromatic rings. The Labute approximate surface area is 162 Å². The highest BCUT2D eigenvalue weighted by Gasteiger charge is 2.32. The van der Waals surface area contributed by atoms with Crippen molar-refractivity contribution in [2.45, 2.75) is 25.4 Å².